The van der Waals surface area contributed by atoms with Crippen molar-refractivity contribution >= 4 is 11.0 Å². The summed E-state index contributed by atoms with van der Waals surface area (Å²) < 4.78 is 17.2. The molecule has 2 aromatic carbocycles. The van der Waals surface area contributed by atoms with Crippen LogP contribution in [-0.4, -0.2) is 104 Å². The second-order valence-electron chi connectivity index (χ2n) is 13.6. The Morgan fingerprint density at radius 1 is 0.851 bits per heavy atom. The van der Waals surface area contributed by atoms with Crippen LogP contribution in [0, 0.1) is 11.8 Å². The van der Waals surface area contributed by atoms with Gasteiger partial charge in [0.2, 0.25) is 11.7 Å². The first-order valence-electron chi connectivity index (χ1n) is 16.6. The number of likely N-dealkylation sites (tertiary alicyclic amines) is 2. The van der Waals surface area contributed by atoms with Gasteiger partial charge in [0.25, 0.3) is 0 Å². The van der Waals surface area contributed by atoms with Crippen molar-refractivity contribution in [2.24, 2.45) is 11.8 Å². The zero-order valence-corrected chi connectivity index (χ0v) is 26.9. The summed E-state index contributed by atoms with van der Waals surface area (Å²) in [5.41, 5.74) is 1.25. The van der Waals surface area contributed by atoms with E-state index in [1.165, 1.54) is 6.26 Å². The first-order valence-corrected chi connectivity index (χ1v) is 16.6. The lowest BCUT2D eigenvalue weighted by molar-refractivity contribution is -0.277. The SMILES string of the molecule is C[C@@H]1CCCN(Cc2c(O)c(CN3CCC[C@H](C)C3)c3occ(-c4ccc(O[C@@H]5O[C@H](CO)[C@@H](O)[C@H](O)[C@H]5O)cc4)c(=O)c3c2O)C1. The number of ether oxygens (including phenoxy) is 2. The van der Waals surface area contributed by atoms with E-state index in [9.17, 15) is 35.4 Å². The quantitative estimate of drug-likeness (QED) is 0.210. The van der Waals surface area contributed by atoms with Gasteiger partial charge in [-0.1, -0.05) is 26.0 Å². The van der Waals surface area contributed by atoms with Crippen LogP contribution >= 0.6 is 0 Å². The third-order valence-electron chi connectivity index (χ3n) is 9.87. The van der Waals surface area contributed by atoms with Crippen molar-refractivity contribution in [3.05, 3.63) is 51.9 Å². The first kappa shape index (κ1) is 33.7. The van der Waals surface area contributed by atoms with E-state index in [0.29, 0.717) is 41.6 Å². The van der Waals surface area contributed by atoms with Crippen molar-refractivity contribution in [1.29, 1.82) is 0 Å². The number of hydrogen-bond acceptors (Lipinski definition) is 12. The number of phenols is 2. The molecule has 3 fully saturated rings. The molecule has 3 aliphatic rings. The number of nitrogens with zero attached hydrogens (tertiary/aromatic N) is 2. The molecule has 0 radical (unpaired) electrons. The molecule has 6 rings (SSSR count). The lowest BCUT2D eigenvalue weighted by atomic mass is 9.95. The molecule has 0 amide bonds. The van der Waals surface area contributed by atoms with Crippen LogP contribution in [-0.2, 0) is 17.8 Å². The van der Waals surface area contributed by atoms with Gasteiger partial charge < -0.3 is 44.5 Å². The number of phenolic OH excluding ortho intramolecular Hbond substituents is 2. The lowest BCUT2D eigenvalue weighted by Gasteiger charge is -2.39. The highest BCUT2D eigenvalue weighted by Gasteiger charge is 2.44. The minimum atomic E-state index is -1.58. The lowest BCUT2D eigenvalue weighted by Crippen LogP contribution is -2.60. The Bertz CT molecular complexity index is 1610. The van der Waals surface area contributed by atoms with Crippen molar-refractivity contribution in [3.8, 4) is 28.4 Å². The third-order valence-corrected chi connectivity index (χ3v) is 9.87. The van der Waals surface area contributed by atoms with Crippen LogP contribution in [0.1, 0.15) is 50.7 Å². The van der Waals surface area contributed by atoms with Crippen LogP contribution in [0.5, 0.6) is 17.2 Å². The maximum absolute atomic E-state index is 14.1. The van der Waals surface area contributed by atoms with Crippen LogP contribution in [0.4, 0.5) is 0 Å². The van der Waals surface area contributed by atoms with Gasteiger partial charge in [0.15, 0.2) is 0 Å². The van der Waals surface area contributed by atoms with Gasteiger partial charge in [-0.3, -0.25) is 14.6 Å². The zero-order chi connectivity index (χ0) is 33.4. The van der Waals surface area contributed by atoms with Gasteiger partial charge in [-0.15, -0.1) is 0 Å². The summed E-state index contributed by atoms with van der Waals surface area (Å²) >= 11 is 0. The Hall–Kier alpha value is -3.23. The molecule has 0 unspecified atom stereocenters. The fourth-order valence-corrected chi connectivity index (χ4v) is 7.27. The van der Waals surface area contributed by atoms with E-state index in [2.05, 4.69) is 23.6 Å². The van der Waals surface area contributed by atoms with Gasteiger partial charge in [0.1, 0.15) is 58.9 Å². The standard InChI is InChI=1S/C35H46N2O10/c1-19-5-3-11-36(13-19)15-23-28(39)24(16-37-12-4-6-20(2)14-37)34-27(29(23)40)30(41)25(18-45-34)21-7-9-22(10-8-21)46-35-33(44)32(43)31(42)26(17-38)47-35/h7-10,18-20,26,31-33,35,38-40,42-44H,3-6,11-17H2,1-2H3/t19-,20+,26-,31-,32+,33-,35-/m1/s1. The number of piperidine rings is 2. The highest BCUT2D eigenvalue weighted by Crippen LogP contribution is 2.41. The summed E-state index contributed by atoms with van der Waals surface area (Å²) in [5.74, 6) is 0.941. The minimum absolute atomic E-state index is 0.0297. The molecule has 3 aromatic rings. The Morgan fingerprint density at radius 2 is 1.47 bits per heavy atom. The van der Waals surface area contributed by atoms with Gasteiger partial charge in [0.05, 0.1) is 23.3 Å². The molecule has 0 bridgehead atoms. The third kappa shape index (κ3) is 6.86. The molecule has 6 N–H and O–H groups in total. The molecule has 3 saturated heterocycles. The van der Waals surface area contributed by atoms with E-state index in [-0.39, 0.29) is 33.8 Å². The summed E-state index contributed by atoms with van der Waals surface area (Å²) in [7, 11) is 0. The van der Waals surface area contributed by atoms with Crippen LogP contribution in [0.2, 0.25) is 0 Å². The van der Waals surface area contributed by atoms with Crippen molar-refractivity contribution in [3.63, 3.8) is 0 Å². The maximum atomic E-state index is 14.1. The average molecular weight is 655 g/mol. The number of aliphatic hydroxyl groups is 4. The number of hydrogen-bond donors (Lipinski definition) is 6. The van der Waals surface area contributed by atoms with Crippen molar-refractivity contribution in [2.45, 2.75) is 83.3 Å². The zero-order valence-electron chi connectivity index (χ0n) is 26.9. The van der Waals surface area contributed by atoms with Gasteiger partial charge in [-0.25, -0.2) is 0 Å². The molecule has 1 aromatic heterocycles. The summed E-state index contributed by atoms with van der Waals surface area (Å²) in [6.07, 6.45) is -1.44. The first-order chi connectivity index (χ1) is 22.5. The number of aromatic hydroxyl groups is 2. The normalized spacial score (nSPS) is 29.3. The fourth-order valence-electron chi connectivity index (χ4n) is 7.27. The molecule has 47 heavy (non-hydrogen) atoms. The van der Waals surface area contributed by atoms with Crippen molar-refractivity contribution in [2.75, 3.05) is 32.8 Å². The predicted octanol–water partition coefficient (Wildman–Crippen LogP) is 2.51. The summed E-state index contributed by atoms with van der Waals surface area (Å²) in [5, 5.41) is 63.2. The van der Waals surface area contributed by atoms with E-state index >= 15 is 0 Å². The van der Waals surface area contributed by atoms with Gasteiger partial charge >= 0.3 is 0 Å². The maximum Gasteiger partial charge on any atom is 0.229 e. The van der Waals surface area contributed by atoms with Crippen LogP contribution in [0.3, 0.4) is 0 Å². The molecule has 4 heterocycles. The Balaban J connectivity index is 1.34. The largest absolute Gasteiger partial charge is 0.507 e. The van der Waals surface area contributed by atoms with E-state index in [1.807, 2.05) is 0 Å². The highest BCUT2D eigenvalue weighted by molar-refractivity contribution is 5.92. The predicted molar refractivity (Wildman–Crippen MR) is 173 cm³/mol. The molecular weight excluding hydrogens is 608 g/mol. The van der Waals surface area contributed by atoms with Gasteiger partial charge in [-0.2, -0.15) is 0 Å². The van der Waals surface area contributed by atoms with Crippen LogP contribution in [0.15, 0.2) is 39.7 Å². The fraction of sp³-hybridized carbons (Fsp3) is 0.571. The topological polar surface area (TPSA) is 177 Å². The van der Waals surface area contributed by atoms with Crippen LogP contribution < -0.4 is 10.2 Å². The van der Waals surface area contributed by atoms with Crippen LogP contribution in [0.25, 0.3) is 22.1 Å². The molecule has 0 saturated carbocycles. The van der Waals surface area contributed by atoms with E-state index < -0.39 is 42.7 Å². The molecule has 256 valence electrons. The van der Waals surface area contributed by atoms with Gasteiger partial charge in [0, 0.05) is 26.2 Å². The summed E-state index contributed by atoms with van der Waals surface area (Å²) in [6, 6.07) is 6.31. The average Bonchev–Trinajstić information content (AvgIpc) is 3.05. The minimum Gasteiger partial charge on any atom is -0.507 e. The Labute approximate surface area is 273 Å². The second kappa shape index (κ2) is 14.1. The second-order valence-corrected chi connectivity index (χ2v) is 13.6. The molecule has 0 aliphatic carbocycles. The molecule has 0 spiro atoms. The van der Waals surface area contributed by atoms with E-state index in [0.717, 1.165) is 51.9 Å². The van der Waals surface area contributed by atoms with Crippen molar-refractivity contribution in [1.82, 2.24) is 9.80 Å². The molecule has 7 atom stereocenters. The Kier molecular flexibility index (Phi) is 10.1. The molecule has 12 heteroatoms. The molecular formula is C35H46N2O10. The monoisotopic (exact) mass is 654 g/mol. The smallest absolute Gasteiger partial charge is 0.229 e. The van der Waals surface area contributed by atoms with E-state index in [4.69, 9.17) is 13.9 Å². The van der Waals surface area contributed by atoms with Crippen molar-refractivity contribution < 1.29 is 44.5 Å². The Morgan fingerprint density at radius 3 is 2.06 bits per heavy atom. The molecule has 3 aliphatic heterocycles. The number of rotatable bonds is 8. The van der Waals surface area contributed by atoms with E-state index in [1.54, 1.807) is 24.3 Å². The number of benzene rings is 2. The highest BCUT2D eigenvalue weighted by atomic mass is 16.7. The number of fused-ring (bicyclic) bond motifs is 1. The number of aliphatic hydroxyl groups excluding tert-OH is 4. The summed E-state index contributed by atoms with van der Waals surface area (Å²) in [6.45, 7) is 7.93. The molecule has 12 nitrogen and oxygen atoms in total. The van der Waals surface area contributed by atoms with Gasteiger partial charge in [-0.05, 0) is 68.3 Å². The summed E-state index contributed by atoms with van der Waals surface area (Å²) in [4.78, 5) is 18.6.